The first-order valence-corrected chi connectivity index (χ1v) is 14.9. The molecule has 2 nitrogen and oxygen atoms in total. The Morgan fingerprint density at radius 1 is 0.656 bits per heavy atom. The highest BCUT2D eigenvalue weighted by Crippen LogP contribution is 2.48. The van der Waals surface area contributed by atoms with Crippen molar-refractivity contribution in [2.75, 3.05) is 13.2 Å². The highest BCUT2D eigenvalue weighted by Gasteiger charge is 2.40. The lowest BCUT2D eigenvalue weighted by Crippen LogP contribution is -2.39. The largest absolute Gasteiger partial charge is 0.396 e. The minimum atomic E-state index is 0.405. The summed E-state index contributed by atoms with van der Waals surface area (Å²) in [6.07, 6.45) is 23.9. The van der Waals surface area contributed by atoms with Gasteiger partial charge in [-0.3, -0.25) is 0 Å². The summed E-state index contributed by atoms with van der Waals surface area (Å²) in [5, 5.41) is 9.66. The molecule has 1 N–H and O–H groups in total. The highest BCUT2D eigenvalue weighted by molar-refractivity contribution is 4.90. The van der Waals surface area contributed by atoms with Gasteiger partial charge in [0.1, 0.15) is 0 Å². The van der Waals surface area contributed by atoms with E-state index in [1.54, 1.807) is 0 Å². The van der Waals surface area contributed by atoms with Crippen molar-refractivity contribution in [2.24, 2.45) is 41.4 Å². The van der Waals surface area contributed by atoms with Crippen LogP contribution in [-0.2, 0) is 4.74 Å². The number of ether oxygens (including phenoxy) is 1. The molecule has 2 heteroatoms. The summed E-state index contributed by atoms with van der Waals surface area (Å²) in [6, 6.07) is 0. The standard InChI is InChI=1S/C30H56O2/c1-4-7-8-9-10-23-11-13-24(14-12-23)22-32-28-16-18-30(27(6-3)20-28)29-17-15-25(21-31)19-26(29)5-2/h23-31H,4-22H2,1-3H3. The van der Waals surface area contributed by atoms with Crippen LogP contribution >= 0.6 is 0 Å². The molecule has 3 aliphatic carbocycles. The van der Waals surface area contributed by atoms with Gasteiger partial charge >= 0.3 is 0 Å². The lowest BCUT2D eigenvalue weighted by atomic mass is 9.61. The van der Waals surface area contributed by atoms with Crippen molar-refractivity contribution >= 4 is 0 Å². The van der Waals surface area contributed by atoms with Crippen LogP contribution in [0.25, 0.3) is 0 Å². The second kappa shape index (κ2) is 14.3. The van der Waals surface area contributed by atoms with Crippen molar-refractivity contribution in [3.63, 3.8) is 0 Å². The summed E-state index contributed by atoms with van der Waals surface area (Å²) >= 11 is 0. The Balaban J connectivity index is 1.37. The molecule has 32 heavy (non-hydrogen) atoms. The van der Waals surface area contributed by atoms with E-state index in [-0.39, 0.29) is 0 Å². The van der Waals surface area contributed by atoms with Crippen molar-refractivity contribution in [1.29, 1.82) is 0 Å². The van der Waals surface area contributed by atoms with Gasteiger partial charge in [0.05, 0.1) is 6.10 Å². The monoisotopic (exact) mass is 448 g/mol. The third-order valence-electron chi connectivity index (χ3n) is 10.00. The van der Waals surface area contributed by atoms with Gasteiger partial charge in [-0.1, -0.05) is 78.6 Å². The van der Waals surface area contributed by atoms with E-state index in [0.29, 0.717) is 18.6 Å². The lowest BCUT2D eigenvalue weighted by molar-refractivity contribution is -0.0470. The Bertz CT molecular complexity index is 483. The second-order valence-electron chi connectivity index (χ2n) is 12.0. The maximum absolute atomic E-state index is 9.66. The number of unbranched alkanes of at least 4 members (excludes halogenated alkanes) is 3. The summed E-state index contributed by atoms with van der Waals surface area (Å²) in [4.78, 5) is 0. The van der Waals surface area contributed by atoms with E-state index in [2.05, 4.69) is 20.8 Å². The van der Waals surface area contributed by atoms with Crippen molar-refractivity contribution in [2.45, 2.75) is 136 Å². The molecule has 6 unspecified atom stereocenters. The lowest BCUT2D eigenvalue weighted by Gasteiger charge is -2.46. The number of rotatable bonds is 12. The Morgan fingerprint density at radius 3 is 1.94 bits per heavy atom. The molecular weight excluding hydrogens is 392 g/mol. The molecule has 6 atom stereocenters. The van der Waals surface area contributed by atoms with Crippen LogP contribution in [0.15, 0.2) is 0 Å². The maximum Gasteiger partial charge on any atom is 0.0578 e. The SMILES string of the molecule is CCCCCCC1CCC(COC2CCC(C3CCC(CO)CC3CC)C(CC)C2)CC1. The van der Waals surface area contributed by atoms with Crippen LogP contribution in [0.5, 0.6) is 0 Å². The van der Waals surface area contributed by atoms with E-state index < -0.39 is 0 Å². The minimum absolute atomic E-state index is 0.405. The van der Waals surface area contributed by atoms with Gasteiger partial charge in [0.25, 0.3) is 0 Å². The van der Waals surface area contributed by atoms with Gasteiger partial charge in [-0.25, -0.2) is 0 Å². The van der Waals surface area contributed by atoms with Crippen LogP contribution < -0.4 is 0 Å². The maximum atomic E-state index is 9.66. The average Bonchev–Trinajstić information content (AvgIpc) is 2.85. The van der Waals surface area contributed by atoms with Gasteiger partial charge < -0.3 is 9.84 Å². The fourth-order valence-electron chi connectivity index (χ4n) is 7.83. The number of aliphatic hydroxyl groups excluding tert-OH is 1. The van der Waals surface area contributed by atoms with Crippen molar-refractivity contribution in [3.8, 4) is 0 Å². The first kappa shape index (κ1) is 26.5. The van der Waals surface area contributed by atoms with Crippen LogP contribution in [0.1, 0.15) is 130 Å². The van der Waals surface area contributed by atoms with Crippen molar-refractivity contribution < 1.29 is 9.84 Å². The Morgan fingerprint density at radius 2 is 1.28 bits per heavy atom. The molecule has 0 aliphatic heterocycles. The summed E-state index contributed by atoms with van der Waals surface area (Å²) < 4.78 is 6.59. The Kier molecular flexibility index (Phi) is 11.9. The molecule has 0 aromatic carbocycles. The molecule has 0 saturated heterocycles. The molecule has 0 spiro atoms. The number of aliphatic hydroxyl groups is 1. The number of hydrogen-bond donors (Lipinski definition) is 1. The molecule has 3 saturated carbocycles. The first-order chi connectivity index (χ1) is 15.7. The zero-order chi connectivity index (χ0) is 22.8. The Hall–Kier alpha value is -0.0800. The molecule has 3 fully saturated rings. The molecule has 0 bridgehead atoms. The van der Waals surface area contributed by atoms with Gasteiger partial charge in [-0.05, 0) is 92.8 Å². The summed E-state index contributed by atoms with van der Waals surface area (Å²) in [6.45, 7) is 8.55. The number of hydrogen-bond acceptors (Lipinski definition) is 2. The molecule has 0 aromatic rings. The van der Waals surface area contributed by atoms with E-state index in [0.717, 1.165) is 42.1 Å². The molecule has 0 heterocycles. The van der Waals surface area contributed by atoms with E-state index >= 15 is 0 Å². The molecule has 0 aromatic heterocycles. The van der Waals surface area contributed by atoms with Gasteiger partial charge in [0.15, 0.2) is 0 Å². The summed E-state index contributed by atoms with van der Waals surface area (Å²) in [5.74, 6) is 5.93. The van der Waals surface area contributed by atoms with Crippen molar-refractivity contribution in [3.05, 3.63) is 0 Å². The van der Waals surface area contributed by atoms with Gasteiger partial charge in [0, 0.05) is 13.2 Å². The highest BCUT2D eigenvalue weighted by atomic mass is 16.5. The molecule has 3 rings (SSSR count). The zero-order valence-corrected chi connectivity index (χ0v) is 21.9. The quantitative estimate of drug-likeness (QED) is 0.304. The molecule has 0 radical (unpaired) electrons. The predicted octanol–water partition coefficient (Wildman–Crippen LogP) is 8.41. The van der Waals surface area contributed by atoms with Gasteiger partial charge in [0.2, 0.25) is 0 Å². The van der Waals surface area contributed by atoms with Gasteiger partial charge in [-0.15, -0.1) is 0 Å². The van der Waals surface area contributed by atoms with E-state index in [1.807, 2.05) is 0 Å². The second-order valence-corrected chi connectivity index (χ2v) is 12.0. The van der Waals surface area contributed by atoms with Gasteiger partial charge in [-0.2, -0.15) is 0 Å². The molecule has 0 amide bonds. The fourth-order valence-corrected chi connectivity index (χ4v) is 7.83. The zero-order valence-electron chi connectivity index (χ0n) is 21.9. The topological polar surface area (TPSA) is 29.5 Å². The smallest absolute Gasteiger partial charge is 0.0578 e. The Labute approximate surface area is 200 Å². The van der Waals surface area contributed by atoms with Crippen LogP contribution in [0.2, 0.25) is 0 Å². The van der Waals surface area contributed by atoms with E-state index in [4.69, 9.17) is 4.74 Å². The first-order valence-electron chi connectivity index (χ1n) is 14.9. The summed E-state index contributed by atoms with van der Waals surface area (Å²) in [7, 11) is 0. The van der Waals surface area contributed by atoms with Crippen LogP contribution in [-0.4, -0.2) is 24.4 Å². The molecular formula is C30H56O2. The predicted molar refractivity (Wildman–Crippen MR) is 137 cm³/mol. The van der Waals surface area contributed by atoms with E-state index in [9.17, 15) is 5.11 Å². The average molecular weight is 449 g/mol. The molecule has 188 valence electrons. The van der Waals surface area contributed by atoms with Crippen LogP contribution in [0.4, 0.5) is 0 Å². The third-order valence-corrected chi connectivity index (χ3v) is 10.00. The summed E-state index contributed by atoms with van der Waals surface area (Å²) in [5.41, 5.74) is 0. The normalized spacial score (nSPS) is 38.6. The van der Waals surface area contributed by atoms with Crippen LogP contribution in [0, 0.1) is 41.4 Å². The third kappa shape index (κ3) is 7.72. The van der Waals surface area contributed by atoms with Crippen LogP contribution in [0.3, 0.4) is 0 Å². The minimum Gasteiger partial charge on any atom is -0.396 e. The van der Waals surface area contributed by atoms with E-state index in [1.165, 1.54) is 109 Å². The fraction of sp³-hybridized carbons (Fsp3) is 1.00. The van der Waals surface area contributed by atoms with Crippen molar-refractivity contribution in [1.82, 2.24) is 0 Å². The molecule has 3 aliphatic rings.